The number of rotatable bonds is 2. The average molecular weight is 144 g/mol. The van der Waals surface area contributed by atoms with E-state index in [1.165, 1.54) is 0 Å². The standard InChI is InChI=1S/C7H16N2O/c1-9-4-6(2-3-8)7(10)5-9/h6-7,10H,2-5,8H2,1H3. The Labute approximate surface area is 61.8 Å². The number of likely N-dealkylation sites (N-methyl/N-ethyl adjacent to an activating group) is 1. The molecule has 2 unspecified atom stereocenters. The van der Waals surface area contributed by atoms with E-state index in [0.717, 1.165) is 19.5 Å². The van der Waals surface area contributed by atoms with Gasteiger partial charge < -0.3 is 15.7 Å². The quantitative estimate of drug-likeness (QED) is 0.536. The van der Waals surface area contributed by atoms with E-state index < -0.39 is 0 Å². The topological polar surface area (TPSA) is 49.5 Å². The molecule has 0 spiro atoms. The second-order valence-electron chi connectivity index (χ2n) is 3.13. The average Bonchev–Trinajstić information content (AvgIpc) is 2.13. The van der Waals surface area contributed by atoms with Crippen molar-refractivity contribution in [3.63, 3.8) is 0 Å². The van der Waals surface area contributed by atoms with Gasteiger partial charge in [-0.15, -0.1) is 0 Å². The lowest BCUT2D eigenvalue weighted by Crippen LogP contribution is -2.20. The zero-order valence-corrected chi connectivity index (χ0v) is 6.45. The smallest absolute Gasteiger partial charge is 0.0707 e. The predicted octanol–water partition coefficient (Wildman–Crippen LogP) is -0.742. The van der Waals surface area contributed by atoms with Crippen molar-refractivity contribution >= 4 is 0 Å². The van der Waals surface area contributed by atoms with E-state index in [1.54, 1.807) is 0 Å². The third-order valence-corrected chi connectivity index (χ3v) is 2.13. The van der Waals surface area contributed by atoms with Crippen LogP contribution in [0.15, 0.2) is 0 Å². The lowest BCUT2D eigenvalue weighted by atomic mass is 10.0. The van der Waals surface area contributed by atoms with Crippen molar-refractivity contribution in [2.45, 2.75) is 12.5 Å². The summed E-state index contributed by atoms with van der Waals surface area (Å²) in [5, 5.41) is 9.39. The maximum atomic E-state index is 9.39. The summed E-state index contributed by atoms with van der Waals surface area (Å²) >= 11 is 0. The fourth-order valence-electron chi connectivity index (χ4n) is 1.56. The molecule has 0 aliphatic carbocycles. The first-order valence-electron chi connectivity index (χ1n) is 3.80. The van der Waals surface area contributed by atoms with E-state index in [0.29, 0.717) is 12.5 Å². The zero-order chi connectivity index (χ0) is 7.56. The number of β-amino-alcohol motifs (C(OH)–C–C–N with tert-alkyl or cyclic N) is 1. The Morgan fingerprint density at radius 1 is 1.60 bits per heavy atom. The molecule has 60 valence electrons. The summed E-state index contributed by atoms with van der Waals surface area (Å²) in [6.07, 6.45) is 0.805. The molecule has 2 atom stereocenters. The fourth-order valence-corrected chi connectivity index (χ4v) is 1.56. The molecule has 1 saturated heterocycles. The minimum atomic E-state index is -0.145. The summed E-state index contributed by atoms with van der Waals surface area (Å²) in [5.74, 6) is 0.412. The van der Waals surface area contributed by atoms with Gasteiger partial charge in [0.15, 0.2) is 0 Å². The first kappa shape index (κ1) is 7.98. The molecule has 3 nitrogen and oxygen atoms in total. The van der Waals surface area contributed by atoms with Crippen molar-refractivity contribution in [2.24, 2.45) is 11.7 Å². The van der Waals surface area contributed by atoms with Gasteiger partial charge in [-0.05, 0) is 25.9 Å². The predicted molar refractivity (Wildman–Crippen MR) is 40.7 cm³/mol. The van der Waals surface area contributed by atoms with Crippen LogP contribution < -0.4 is 5.73 Å². The highest BCUT2D eigenvalue weighted by Gasteiger charge is 2.27. The third-order valence-electron chi connectivity index (χ3n) is 2.13. The molecule has 3 heteroatoms. The van der Waals surface area contributed by atoms with Crippen LogP contribution in [0.4, 0.5) is 0 Å². The molecule has 0 saturated carbocycles. The molecule has 3 N–H and O–H groups in total. The molecule has 1 rings (SSSR count). The second kappa shape index (κ2) is 3.32. The molecule has 0 amide bonds. The van der Waals surface area contributed by atoms with Crippen LogP contribution in [0.2, 0.25) is 0 Å². The number of nitrogens with zero attached hydrogens (tertiary/aromatic N) is 1. The summed E-state index contributed by atoms with van der Waals surface area (Å²) in [4.78, 5) is 2.14. The van der Waals surface area contributed by atoms with Gasteiger partial charge in [0.1, 0.15) is 0 Å². The van der Waals surface area contributed by atoms with Crippen LogP contribution in [-0.4, -0.2) is 42.8 Å². The summed E-state index contributed by atoms with van der Waals surface area (Å²) in [6.45, 7) is 2.50. The summed E-state index contributed by atoms with van der Waals surface area (Å²) in [5.41, 5.74) is 5.39. The van der Waals surface area contributed by atoms with E-state index in [9.17, 15) is 5.11 Å². The van der Waals surface area contributed by atoms with Crippen molar-refractivity contribution in [1.29, 1.82) is 0 Å². The van der Waals surface area contributed by atoms with E-state index in [4.69, 9.17) is 5.73 Å². The SMILES string of the molecule is CN1CC(O)C(CCN)C1. The maximum Gasteiger partial charge on any atom is 0.0707 e. The molecule has 0 radical (unpaired) electrons. The number of nitrogens with two attached hydrogens (primary N) is 1. The van der Waals surface area contributed by atoms with E-state index in [-0.39, 0.29) is 6.10 Å². The number of aliphatic hydroxyl groups excluding tert-OH is 1. The number of hydrogen-bond donors (Lipinski definition) is 2. The lowest BCUT2D eigenvalue weighted by Gasteiger charge is -2.10. The number of hydrogen-bond acceptors (Lipinski definition) is 3. The molecule has 0 aromatic heterocycles. The Hall–Kier alpha value is -0.120. The van der Waals surface area contributed by atoms with Crippen LogP contribution >= 0.6 is 0 Å². The third kappa shape index (κ3) is 1.68. The largest absolute Gasteiger partial charge is 0.391 e. The normalized spacial score (nSPS) is 35.1. The van der Waals surface area contributed by atoms with Crippen LogP contribution in [0.3, 0.4) is 0 Å². The van der Waals surface area contributed by atoms with Gasteiger partial charge in [0.05, 0.1) is 6.10 Å². The van der Waals surface area contributed by atoms with Crippen molar-refractivity contribution < 1.29 is 5.11 Å². The number of aliphatic hydroxyl groups is 1. The highest BCUT2D eigenvalue weighted by atomic mass is 16.3. The van der Waals surface area contributed by atoms with Crippen molar-refractivity contribution in [2.75, 3.05) is 26.7 Å². The van der Waals surface area contributed by atoms with Gasteiger partial charge in [-0.3, -0.25) is 0 Å². The van der Waals surface area contributed by atoms with Gasteiger partial charge in [-0.2, -0.15) is 0 Å². The highest BCUT2D eigenvalue weighted by Crippen LogP contribution is 2.17. The summed E-state index contributed by atoms with van der Waals surface area (Å²) in [6, 6.07) is 0. The van der Waals surface area contributed by atoms with E-state index in [2.05, 4.69) is 4.90 Å². The van der Waals surface area contributed by atoms with Crippen LogP contribution in [0.5, 0.6) is 0 Å². The Morgan fingerprint density at radius 2 is 2.30 bits per heavy atom. The molecule has 1 heterocycles. The zero-order valence-electron chi connectivity index (χ0n) is 6.45. The van der Waals surface area contributed by atoms with Gasteiger partial charge in [0.25, 0.3) is 0 Å². The van der Waals surface area contributed by atoms with Crippen LogP contribution in [0.25, 0.3) is 0 Å². The maximum absolute atomic E-state index is 9.39. The summed E-state index contributed by atoms with van der Waals surface area (Å²) < 4.78 is 0. The molecular formula is C7H16N2O. The van der Waals surface area contributed by atoms with Crippen LogP contribution in [-0.2, 0) is 0 Å². The Balaban J connectivity index is 2.31. The molecule has 1 aliphatic rings. The lowest BCUT2D eigenvalue weighted by molar-refractivity contribution is 0.140. The Kier molecular flexibility index (Phi) is 2.65. The molecule has 1 aliphatic heterocycles. The Morgan fingerprint density at radius 3 is 2.70 bits per heavy atom. The van der Waals surface area contributed by atoms with Crippen molar-refractivity contribution in [3.05, 3.63) is 0 Å². The van der Waals surface area contributed by atoms with Gasteiger partial charge in [0.2, 0.25) is 0 Å². The molecular weight excluding hydrogens is 128 g/mol. The molecule has 0 aromatic rings. The first-order chi connectivity index (χ1) is 4.74. The number of likely N-dealkylation sites (tertiary alicyclic amines) is 1. The highest BCUT2D eigenvalue weighted by molar-refractivity contribution is 4.81. The Bertz CT molecular complexity index is 108. The molecule has 10 heavy (non-hydrogen) atoms. The first-order valence-corrected chi connectivity index (χ1v) is 3.80. The van der Waals surface area contributed by atoms with Gasteiger partial charge in [-0.1, -0.05) is 0 Å². The van der Waals surface area contributed by atoms with Gasteiger partial charge in [-0.25, -0.2) is 0 Å². The minimum Gasteiger partial charge on any atom is -0.391 e. The van der Waals surface area contributed by atoms with Gasteiger partial charge in [0, 0.05) is 13.1 Å². The van der Waals surface area contributed by atoms with E-state index >= 15 is 0 Å². The minimum absolute atomic E-state index is 0.145. The van der Waals surface area contributed by atoms with Crippen LogP contribution in [0, 0.1) is 5.92 Å². The molecule has 0 bridgehead atoms. The van der Waals surface area contributed by atoms with Crippen molar-refractivity contribution in [3.8, 4) is 0 Å². The van der Waals surface area contributed by atoms with Crippen LogP contribution in [0.1, 0.15) is 6.42 Å². The monoisotopic (exact) mass is 144 g/mol. The van der Waals surface area contributed by atoms with E-state index in [1.807, 2.05) is 7.05 Å². The fraction of sp³-hybridized carbons (Fsp3) is 1.00. The van der Waals surface area contributed by atoms with Gasteiger partial charge >= 0.3 is 0 Å². The summed E-state index contributed by atoms with van der Waals surface area (Å²) in [7, 11) is 2.03. The second-order valence-corrected chi connectivity index (χ2v) is 3.13. The van der Waals surface area contributed by atoms with Crippen molar-refractivity contribution in [1.82, 2.24) is 4.90 Å². The molecule has 0 aromatic carbocycles. The molecule has 1 fully saturated rings.